The van der Waals surface area contributed by atoms with Crippen molar-refractivity contribution >= 4 is 0 Å². The molecule has 1 heterocycles. The first-order chi connectivity index (χ1) is 6.13. The molecular weight excluding hydrogens is 164 g/mol. The molecular formula is C10H14N2O. The van der Waals surface area contributed by atoms with Crippen LogP contribution >= 0.6 is 0 Å². The summed E-state index contributed by atoms with van der Waals surface area (Å²) in [5.74, 6) is 0. The summed E-state index contributed by atoms with van der Waals surface area (Å²) in [6.45, 7) is 8.16. The smallest absolute Gasteiger partial charge is 0.253 e. The zero-order chi connectivity index (χ0) is 9.84. The number of aromatic nitrogens is 2. The van der Waals surface area contributed by atoms with Crippen LogP contribution in [-0.2, 0) is 13.0 Å². The summed E-state index contributed by atoms with van der Waals surface area (Å²) in [4.78, 5) is 15.5. The van der Waals surface area contributed by atoms with Gasteiger partial charge in [-0.25, -0.2) is 4.98 Å². The van der Waals surface area contributed by atoms with Gasteiger partial charge >= 0.3 is 0 Å². The minimum absolute atomic E-state index is 0.00477. The molecule has 0 aliphatic rings. The second kappa shape index (κ2) is 4.03. The summed E-state index contributed by atoms with van der Waals surface area (Å²) in [6.07, 6.45) is 2.37. The van der Waals surface area contributed by atoms with Gasteiger partial charge in [-0.15, -0.1) is 0 Å². The average molecular weight is 178 g/mol. The van der Waals surface area contributed by atoms with E-state index in [1.807, 2.05) is 13.8 Å². The average Bonchev–Trinajstić information content (AvgIpc) is 2.08. The van der Waals surface area contributed by atoms with Crippen LogP contribution in [0, 0.1) is 0 Å². The van der Waals surface area contributed by atoms with Crippen LogP contribution in [0.3, 0.4) is 0 Å². The van der Waals surface area contributed by atoms with Gasteiger partial charge in [0, 0.05) is 18.3 Å². The second-order valence-electron chi connectivity index (χ2n) is 3.16. The number of hydrogen-bond donors (Lipinski definition) is 0. The van der Waals surface area contributed by atoms with Crippen LogP contribution < -0.4 is 5.56 Å². The van der Waals surface area contributed by atoms with Gasteiger partial charge in [0.1, 0.15) is 0 Å². The first kappa shape index (κ1) is 9.71. The summed E-state index contributed by atoms with van der Waals surface area (Å²) < 4.78 is 1.56. The Morgan fingerprint density at radius 1 is 1.69 bits per heavy atom. The van der Waals surface area contributed by atoms with Crippen LogP contribution in [0.15, 0.2) is 29.3 Å². The summed E-state index contributed by atoms with van der Waals surface area (Å²) in [7, 11) is 0. The lowest BCUT2D eigenvalue weighted by Crippen LogP contribution is -2.20. The fraction of sp³-hybridized carbons (Fsp3) is 0.400. The van der Waals surface area contributed by atoms with Crippen molar-refractivity contribution in [1.82, 2.24) is 9.55 Å². The zero-order valence-electron chi connectivity index (χ0n) is 8.08. The molecule has 0 radical (unpaired) electrons. The third-order valence-corrected chi connectivity index (χ3v) is 1.74. The van der Waals surface area contributed by atoms with Gasteiger partial charge in [0.15, 0.2) is 0 Å². The first-order valence-electron chi connectivity index (χ1n) is 4.33. The molecule has 70 valence electrons. The maximum atomic E-state index is 11.4. The van der Waals surface area contributed by atoms with E-state index in [1.54, 1.807) is 17.0 Å². The van der Waals surface area contributed by atoms with Gasteiger partial charge < -0.3 is 0 Å². The molecule has 0 spiro atoms. The van der Waals surface area contributed by atoms with E-state index < -0.39 is 0 Å². The van der Waals surface area contributed by atoms with E-state index in [4.69, 9.17) is 0 Å². The molecule has 1 aromatic heterocycles. The van der Waals surface area contributed by atoms with Crippen molar-refractivity contribution in [1.29, 1.82) is 0 Å². The molecule has 0 N–H and O–H groups in total. The molecule has 1 aromatic rings. The Labute approximate surface area is 77.7 Å². The predicted molar refractivity (Wildman–Crippen MR) is 52.7 cm³/mol. The quantitative estimate of drug-likeness (QED) is 0.655. The van der Waals surface area contributed by atoms with Crippen molar-refractivity contribution in [2.45, 2.75) is 26.8 Å². The van der Waals surface area contributed by atoms with Crippen molar-refractivity contribution in [3.8, 4) is 0 Å². The van der Waals surface area contributed by atoms with E-state index in [1.165, 1.54) is 0 Å². The van der Waals surface area contributed by atoms with Crippen molar-refractivity contribution in [3.05, 3.63) is 40.6 Å². The SMILES string of the molecule is C=C(C)Cn1cnc(CC)cc1=O. The highest BCUT2D eigenvalue weighted by molar-refractivity contribution is 5.00. The Kier molecular flexibility index (Phi) is 3.01. The lowest BCUT2D eigenvalue weighted by atomic mass is 10.3. The lowest BCUT2D eigenvalue weighted by Gasteiger charge is -2.04. The molecule has 0 saturated heterocycles. The molecule has 13 heavy (non-hydrogen) atoms. The minimum atomic E-state index is -0.00477. The highest BCUT2D eigenvalue weighted by Gasteiger charge is 1.97. The third-order valence-electron chi connectivity index (χ3n) is 1.74. The Bertz CT molecular complexity index is 365. The maximum Gasteiger partial charge on any atom is 0.253 e. The molecule has 0 unspecified atom stereocenters. The fourth-order valence-corrected chi connectivity index (χ4v) is 1.07. The highest BCUT2D eigenvalue weighted by Crippen LogP contribution is 1.93. The van der Waals surface area contributed by atoms with E-state index >= 15 is 0 Å². The molecule has 1 rings (SSSR count). The van der Waals surface area contributed by atoms with Gasteiger partial charge in [0.25, 0.3) is 5.56 Å². The van der Waals surface area contributed by atoms with Gasteiger partial charge in [-0.1, -0.05) is 19.1 Å². The fourth-order valence-electron chi connectivity index (χ4n) is 1.07. The van der Waals surface area contributed by atoms with Crippen LogP contribution in [0.1, 0.15) is 19.5 Å². The molecule has 0 bridgehead atoms. The summed E-state index contributed by atoms with van der Waals surface area (Å²) in [5, 5.41) is 0. The van der Waals surface area contributed by atoms with E-state index in [0.29, 0.717) is 6.54 Å². The Hall–Kier alpha value is -1.38. The van der Waals surface area contributed by atoms with Gasteiger partial charge in [-0.3, -0.25) is 9.36 Å². The van der Waals surface area contributed by atoms with E-state index in [2.05, 4.69) is 11.6 Å². The molecule has 3 heteroatoms. The predicted octanol–water partition coefficient (Wildman–Crippen LogP) is 1.38. The van der Waals surface area contributed by atoms with E-state index in [9.17, 15) is 4.79 Å². The number of aryl methyl sites for hydroxylation is 1. The van der Waals surface area contributed by atoms with Crippen molar-refractivity contribution < 1.29 is 0 Å². The molecule has 0 saturated carbocycles. The molecule has 0 aromatic carbocycles. The molecule has 0 atom stereocenters. The number of hydrogen-bond acceptors (Lipinski definition) is 2. The minimum Gasteiger partial charge on any atom is -0.295 e. The maximum absolute atomic E-state index is 11.4. The number of allylic oxidation sites excluding steroid dienone is 1. The monoisotopic (exact) mass is 178 g/mol. The second-order valence-corrected chi connectivity index (χ2v) is 3.16. The lowest BCUT2D eigenvalue weighted by molar-refractivity contribution is 0.716. The van der Waals surface area contributed by atoms with Crippen LogP contribution in [0.4, 0.5) is 0 Å². The summed E-state index contributed by atoms with van der Waals surface area (Å²) >= 11 is 0. The molecule has 0 aliphatic carbocycles. The molecule has 3 nitrogen and oxygen atoms in total. The normalized spacial score (nSPS) is 10.0. The number of nitrogens with zero attached hydrogens (tertiary/aromatic N) is 2. The molecule has 0 amide bonds. The van der Waals surface area contributed by atoms with Gasteiger partial charge in [-0.2, -0.15) is 0 Å². The van der Waals surface area contributed by atoms with Crippen LogP contribution in [0.2, 0.25) is 0 Å². The Morgan fingerprint density at radius 2 is 2.38 bits per heavy atom. The van der Waals surface area contributed by atoms with Crippen LogP contribution in [0.5, 0.6) is 0 Å². The van der Waals surface area contributed by atoms with Gasteiger partial charge in [0.2, 0.25) is 0 Å². The topological polar surface area (TPSA) is 34.9 Å². The standard InChI is InChI=1S/C10H14N2O/c1-4-9-5-10(13)12(7-11-9)6-8(2)3/h5,7H,2,4,6H2,1,3H3. The van der Waals surface area contributed by atoms with Gasteiger partial charge in [-0.05, 0) is 13.3 Å². The third kappa shape index (κ3) is 2.54. The van der Waals surface area contributed by atoms with E-state index in [0.717, 1.165) is 17.7 Å². The Balaban J connectivity index is 2.99. The largest absolute Gasteiger partial charge is 0.295 e. The zero-order valence-corrected chi connectivity index (χ0v) is 8.08. The first-order valence-corrected chi connectivity index (χ1v) is 4.33. The van der Waals surface area contributed by atoms with E-state index in [-0.39, 0.29) is 5.56 Å². The Morgan fingerprint density at radius 3 is 2.85 bits per heavy atom. The molecule has 0 aliphatic heterocycles. The molecule has 0 fully saturated rings. The van der Waals surface area contributed by atoms with Crippen molar-refractivity contribution in [2.24, 2.45) is 0 Å². The summed E-state index contributed by atoms with van der Waals surface area (Å²) in [6, 6.07) is 1.57. The summed E-state index contributed by atoms with van der Waals surface area (Å²) in [5.41, 5.74) is 1.78. The van der Waals surface area contributed by atoms with Crippen molar-refractivity contribution in [2.75, 3.05) is 0 Å². The van der Waals surface area contributed by atoms with Gasteiger partial charge in [0.05, 0.1) is 6.33 Å². The van der Waals surface area contributed by atoms with Crippen LogP contribution in [0.25, 0.3) is 0 Å². The highest BCUT2D eigenvalue weighted by atomic mass is 16.1. The number of rotatable bonds is 3. The van der Waals surface area contributed by atoms with Crippen molar-refractivity contribution in [3.63, 3.8) is 0 Å². The van der Waals surface area contributed by atoms with Crippen LogP contribution in [-0.4, -0.2) is 9.55 Å².